The van der Waals surface area contributed by atoms with Crippen LogP contribution in [0.1, 0.15) is 6.42 Å². The molecule has 0 aromatic heterocycles. The molecule has 0 aromatic rings. The van der Waals surface area contributed by atoms with Crippen molar-refractivity contribution < 1.29 is 0 Å². The van der Waals surface area contributed by atoms with Gasteiger partial charge in [-0.2, -0.15) is 0 Å². The molecular formula is C13H19N5. The lowest BCUT2D eigenvalue weighted by Gasteiger charge is -2.30. The summed E-state index contributed by atoms with van der Waals surface area (Å²) in [6, 6.07) is 0.507. The van der Waals surface area contributed by atoms with Crippen molar-refractivity contribution in [3.8, 4) is 0 Å². The molecule has 5 nitrogen and oxygen atoms in total. The molecule has 18 heavy (non-hydrogen) atoms. The second-order valence-corrected chi connectivity index (χ2v) is 4.89. The van der Waals surface area contributed by atoms with E-state index in [1.807, 2.05) is 6.08 Å². The summed E-state index contributed by atoms with van der Waals surface area (Å²) in [5, 5.41) is 6.96. The van der Waals surface area contributed by atoms with Crippen molar-refractivity contribution >= 4 is 12.1 Å². The normalized spacial score (nSPS) is 34.2. The predicted octanol–water partition coefficient (Wildman–Crippen LogP) is -0.182. The number of aliphatic imine (C=N–C) groups is 2. The largest absolute Gasteiger partial charge is 0.326 e. The molecule has 0 spiro atoms. The van der Waals surface area contributed by atoms with E-state index in [0.29, 0.717) is 12.6 Å². The highest BCUT2D eigenvalue weighted by atomic mass is 15.2. The van der Waals surface area contributed by atoms with E-state index in [2.05, 4.69) is 32.8 Å². The Morgan fingerprint density at radius 1 is 1.50 bits per heavy atom. The fourth-order valence-electron chi connectivity index (χ4n) is 2.72. The molecule has 3 aliphatic rings. The van der Waals surface area contributed by atoms with Crippen LogP contribution in [0.15, 0.2) is 33.8 Å². The molecular weight excluding hydrogens is 226 g/mol. The molecule has 2 unspecified atom stereocenters. The van der Waals surface area contributed by atoms with Gasteiger partial charge in [-0.05, 0) is 18.5 Å². The second-order valence-electron chi connectivity index (χ2n) is 4.89. The van der Waals surface area contributed by atoms with Crippen molar-refractivity contribution in [2.24, 2.45) is 21.6 Å². The lowest BCUT2D eigenvalue weighted by Crippen LogP contribution is -2.47. The highest BCUT2D eigenvalue weighted by molar-refractivity contribution is 6.08. The zero-order chi connectivity index (χ0) is 12.4. The molecule has 3 atom stereocenters. The fourth-order valence-corrected chi connectivity index (χ4v) is 2.72. The molecule has 4 N–H and O–H groups in total. The number of nitrogens with zero attached hydrogens (tertiary/aromatic N) is 2. The first kappa shape index (κ1) is 11.8. The van der Waals surface area contributed by atoms with Gasteiger partial charge in [0.05, 0.1) is 11.6 Å². The zero-order valence-corrected chi connectivity index (χ0v) is 10.3. The van der Waals surface area contributed by atoms with Crippen LogP contribution in [-0.2, 0) is 0 Å². The van der Waals surface area contributed by atoms with Gasteiger partial charge in [0.25, 0.3) is 0 Å². The Balaban J connectivity index is 1.75. The van der Waals surface area contributed by atoms with Gasteiger partial charge in [-0.1, -0.05) is 18.2 Å². The summed E-state index contributed by atoms with van der Waals surface area (Å²) >= 11 is 0. The molecule has 2 aliphatic heterocycles. The molecule has 3 rings (SSSR count). The van der Waals surface area contributed by atoms with Crippen LogP contribution in [0, 0.1) is 5.92 Å². The molecule has 1 aliphatic carbocycles. The Bertz CT molecular complexity index is 429. The molecule has 0 radical (unpaired) electrons. The average molecular weight is 245 g/mol. The number of allylic oxidation sites excluding steroid dienone is 2. The maximum absolute atomic E-state index is 5.76. The summed E-state index contributed by atoms with van der Waals surface area (Å²) in [4.78, 5) is 8.87. The van der Waals surface area contributed by atoms with Gasteiger partial charge in [-0.15, -0.1) is 0 Å². The van der Waals surface area contributed by atoms with Crippen LogP contribution in [0.4, 0.5) is 0 Å². The van der Waals surface area contributed by atoms with Crippen molar-refractivity contribution in [1.82, 2.24) is 10.6 Å². The molecule has 1 saturated heterocycles. The van der Waals surface area contributed by atoms with E-state index in [1.54, 1.807) is 6.34 Å². The van der Waals surface area contributed by atoms with Crippen molar-refractivity contribution in [3.63, 3.8) is 0 Å². The van der Waals surface area contributed by atoms with Crippen LogP contribution in [0.25, 0.3) is 0 Å². The molecule has 1 fully saturated rings. The lowest BCUT2D eigenvalue weighted by atomic mass is 9.88. The van der Waals surface area contributed by atoms with Gasteiger partial charge < -0.3 is 11.1 Å². The summed E-state index contributed by atoms with van der Waals surface area (Å²) in [7, 11) is 0. The van der Waals surface area contributed by atoms with Crippen molar-refractivity contribution in [2.75, 3.05) is 19.6 Å². The first-order valence-corrected chi connectivity index (χ1v) is 6.52. The molecule has 96 valence electrons. The molecule has 2 heterocycles. The molecule has 0 amide bonds. The first-order valence-electron chi connectivity index (χ1n) is 6.52. The topological polar surface area (TPSA) is 74.8 Å². The Hall–Kier alpha value is -1.30. The van der Waals surface area contributed by atoms with Gasteiger partial charge in [-0.3, -0.25) is 10.3 Å². The SMILES string of the molecule is NCC1=CC=CC2C1=NC=NC2N[C@H]1CCNC1. The average Bonchev–Trinajstić information content (AvgIpc) is 2.91. The molecule has 0 aromatic carbocycles. The van der Waals surface area contributed by atoms with E-state index in [9.17, 15) is 0 Å². The number of fused-ring (bicyclic) bond motifs is 1. The second kappa shape index (κ2) is 5.14. The van der Waals surface area contributed by atoms with Crippen LogP contribution in [-0.4, -0.2) is 43.9 Å². The predicted molar refractivity (Wildman–Crippen MR) is 73.9 cm³/mol. The minimum atomic E-state index is 0.0916. The maximum Gasteiger partial charge on any atom is 0.113 e. The fraction of sp³-hybridized carbons (Fsp3) is 0.538. The van der Waals surface area contributed by atoms with Crippen molar-refractivity contribution in [1.29, 1.82) is 0 Å². The van der Waals surface area contributed by atoms with Gasteiger partial charge in [0.15, 0.2) is 0 Å². The lowest BCUT2D eigenvalue weighted by molar-refractivity contribution is 0.422. The van der Waals surface area contributed by atoms with E-state index < -0.39 is 0 Å². The Labute approximate surface area is 107 Å². The van der Waals surface area contributed by atoms with E-state index in [4.69, 9.17) is 5.73 Å². The van der Waals surface area contributed by atoms with Gasteiger partial charge >= 0.3 is 0 Å². The Morgan fingerprint density at radius 3 is 3.22 bits per heavy atom. The quantitative estimate of drug-likeness (QED) is 0.645. The van der Waals surface area contributed by atoms with Gasteiger partial charge in [-0.25, -0.2) is 4.99 Å². The number of hydrogen-bond donors (Lipinski definition) is 3. The van der Waals surface area contributed by atoms with Gasteiger partial charge in [0, 0.05) is 19.1 Å². The third-order valence-corrected chi connectivity index (χ3v) is 3.71. The number of nitrogens with two attached hydrogens (primary N) is 1. The van der Waals surface area contributed by atoms with Crippen LogP contribution in [0.5, 0.6) is 0 Å². The summed E-state index contributed by atoms with van der Waals surface area (Å²) in [6.45, 7) is 2.64. The van der Waals surface area contributed by atoms with Crippen LogP contribution in [0.2, 0.25) is 0 Å². The van der Waals surface area contributed by atoms with Crippen LogP contribution in [0.3, 0.4) is 0 Å². The first-order chi connectivity index (χ1) is 8.88. The number of hydrogen-bond acceptors (Lipinski definition) is 5. The number of rotatable bonds is 3. The van der Waals surface area contributed by atoms with E-state index >= 15 is 0 Å². The van der Waals surface area contributed by atoms with Crippen molar-refractivity contribution in [3.05, 3.63) is 23.8 Å². The van der Waals surface area contributed by atoms with Gasteiger partial charge in [0.1, 0.15) is 12.5 Å². The molecule has 0 saturated carbocycles. The minimum Gasteiger partial charge on any atom is -0.326 e. The minimum absolute atomic E-state index is 0.0916. The Kier molecular flexibility index (Phi) is 3.36. The maximum atomic E-state index is 5.76. The van der Waals surface area contributed by atoms with Crippen LogP contribution >= 0.6 is 0 Å². The van der Waals surface area contributed by atoms with E-state index in [-0.39, 0.29) is 12.1 Å². The third kappa shape index (κ3) is 2.16. The number of nitrogens with one attached hydrogen (secondary N) is 2. The third-order valence-electron chi connectivity index (χ3n) is 3.71. The monoisotopic (exact) mass is 245 g/mol. The summed E-state index contributed by atoms with van der Waals surface area (Å²) in [6.07, 6.45) is 9.18. The van der Waals surface area contributed by atoms with Gasteiger partial charge in [0.2, 0.25) is 0 Å². The highest BCUT2D eigenvalue weighted by Crippen LogP contribution is 2.23. The Morgan fingerprint density at radius 2 is 2.44 bits per heavy atom. The van der Waals surface area contributed by atoms with E-state index in [1.165, 1.54) is 0 Å². The van der Waals surface area contributed by atoms with E-state index in [0.717, 1.165) is 30.8 Å². The molecule has 5 heteroatoms. The summed E-state index contributed by atoms with van der Waals surface area (Å²) in [5.41, 5.74) is 7.95. The molecule has 0 bridgehead atoms. The standard InChI is InChI=1S/C13H19N5/c14-6-9-2-1-3-11-12(9)16-8-17-13(11)18-10-4-5-15-7-10/h1-3,8,10-11,13,15,18H,4-7,14H2/t10-,11?,13?/m0/s1. The summed E-state index contributed by atoms with van der Waals surface area (Å²) < 4.78 is 0. The highest BCUT2D eigenvalue weighted by Gasteiger charge is 2.31. The van der Waals surface area contributed by atoms with Crippen molar-refractivity contribution in [2.45, 2.75) is 18.6 Å². The zero-order valence-electron chi connectivity index (χ0n) is 10.3. The summed E-state index contributed by atoms with van der Waals surface area (Å²) in [5.74, 6) is 0.221. The van der Waals surface area contributed by atoms with Crippen LogP contribution < -0.4 is 16.4 Å². The smallest absolute Gasteiger partial charge is 0.113 e.